The smallest absolute Gasteiger partial charge is 0.319 e. The van der Waals surface area contributed by atoms with Gasteiger partial charge in [0.25, 0.3) is 0 Å². The Bertz CT molecular complexity index is 182. The van der Waals surface area contributed by atoms with E-state index in [0.29, 0.717) is 0 Å². The first-order valence-electron chi connectivity index (χ1n) is 6.43. The Morgan fingerprint density at radius 3 is 0.762 bits per heavy atom. The van der Waals surface area contributed by atoms with Crippen LogP contribution in [0.4, 0.5) is 0 Å². The molecule has 0 radical (unpaired) electrons. The van der Waals surface area contributed by atoms with Gasteiger partial charge >= 0.3 is 13.4 Å². The summed E-state index contributed by atoms with van der Waals surface area (Å²) in [7, 11) is 0. The Morgan fingerprint density at radius 1 is 0.667 bits per heavy atom. The maximum atomic E-state index is 7.56. The summed E-state index contributed by atoms with van der Waals surface area (Å²) in [5, 5.41) is 0. The van der Waals surface area contributed by atoms with Crippen molar-refractivity contribution in [3.8, 4) is 0 Å². The number of rotatable bonds is 2. The molecule has 0 rings (SSSR count). The van der Waals surface area contributed by atoms with Gasteiger partial charge in [0.15, 0.2) is 0 Å². The molecule has 0 aliphatic heterocycles. The molecule has 0 aromatic carbocycles. The fourth-order valence-corrected chi connectivity index (χ4v) is 0.354. The molecule has 0 amide bonds. The van der Waals surface area contributed by atoms with E-state index in [0.717, 1.165) is 0 Å². The van der Waals surface area contributed by atoms with Gasteiger partial charge in [-0.25, -0.2) is 0 Å². The fraction of sp³-hybridized carbons (Fsp3) is 1.00. The third kappa shape index (κ3) is 694. The number of unbranched alkanes of at least 4 members (excludes halogenated alkanes) is 2. The van der Waals surface area contributed by atoms with Gasteiger partial charge < -0.3 is 29.4 Å². The van der Waals surface area contributed by atoms with E-state index in [9.17, 15) is 0 Å². The molecule has 21 heavy (non-hydrogen) atoms. The van der Waals surface area contributed by atoms with E-state index in [-0.39, 0.29) is 0 Å². The second kappa shape index (κ2) is 33.1. The molecular formula is C10H34O6P2S3. The van der Waals surface area contributed by atoms with Crippen molar-refractivity contribution >= 4 is 49.7 Å². The zero-order valence-corrected chi connectivity index (χ0v) is 18.3. The van der Waals surface area contributed by atoms with Crippen LogP contribution in [-0.4, -0.2) is 35.6 Å². The minimum Gasteiger partial charge on any atom is -0.325 e. The minimum atomic E-state index is -3.81. The molecule has 0 aromatic heterocycles. The second-order valence-electron chi connectivity index (χ2n) is 2.38. The van der Waals surface area contributed by atoms with Crippen LogP contribution in [0.25, 0.3) is 0 Å². The second-order valence-corrected chi connectivity index (χ2v) is 7.37. The van der Waals surface area contributed by atoms with Gasteiger partial charge in [-0.1, -0.05) is 60.8 Å². The quantitative estimate of drug-likeness (QED) is 0.275. The van der Waals surface area contributed by atoms with E-state index >= 15 is 0 Å². The first kappa shape index (κ1) is 38.1. The summed E-state index contributed by atoms with van der Waals surface area (Å²) < 4.78 is 0. The van der Waals surface area contributed by atoms with Crippen molar-refractivity contribution in [1.82, 2.24) is 0 Å². The third-order valence-corrected chi connectivity index (χ3v) is 0.707. The fourth-order valence-electron chi connectivity index (χ4n) is 0.354. The van der Waals surface area contributed by atoms with E-state index in [2.05, 4.69) is 50.1 Å². The number of thiol groups is 1. The monoisotopic (exact) mass is 408 g/mol. The molecule has 0 bridgehead atoms. The van der Waals surface area contributed by atoms with Crippen LogP contribution < -0.4 is 0 Å². The predicted molar refractivity (Wildman–Crippen MR) is 105 cm³/mol. The molecule has 138 valence electrons. The SMILES string of the molecule is CC.CC.CCCCC.CS.OP(O)(O)=S.OP(O)(O)=S. The van der Waals surface area contributed by atoms with E-state index in [1.165, 1.54) is 19.3 Å². The molecule has 0 aromatic rings. The first-order valence-corrected chi connectivity index (χ1v) is 12.6. The van der Waals surface area contributed by atoms with Crippen LogP contribution >= 0.6 is 26.1 Å². The summed E-state index contributed by atoms with van der Waals surface area (Å²) in [5.74, 6) is 0. The van der Waals surface area contributed by atoms with E-state index < -0.39 is 13.4 Å². The molecule has 0 saturated carbocycles. The molecule has 6 N–H and O–H groups in total. The summed E-state index contributed by atoms with van der Waals surface area (Å²) in [6, 6.07) is 0. The van der Waals surface area contributed by atoms with Crippen molar-refractivity contribution in [3.05, 3.63) is 0 Å². The molecule has 0 spiro atoms. The van der Waals surface area contributed by atoms with Crippen LogP contribution in [0, 0.1) is 0 Å². The largest absolute Gasteiger partial charge is 0.325 e. The van der Waals surface area contributed by atoms with Gasteiger partial charge in [-0.15, -0.1) is 0 Å². The maximum absolute atomic E-state index is 7.56. The highest BCUT2D eigenvalue weighted by molar-refractivity contribution is 8.06. The van der Waals surface area contributed by atoms with Crippen LogP contribution in [0.5, 0.6) is 0 Å². The lowest BCUT2D eigenvalue weighted by atomic mass is 10.3. The zero-order valence-electron chi connectivity index (χ0n) is 14.0. The number of hydrogen-bond donors (Lipinski definition) is 7. The third-order valence-electron chi connectivity index (χ3n) is 0.707. The van der Waals surface area contributed by atoms with Gasteiger partial charge in [0.1, 0.15) is 0 Å². The highest BCUT2D eigenvalue weighted by atomic mass is 32.5. The maximum Gasteiger partial charge on any atom is 0.319 e. The van der Waals surface area contributed by atoms with Crippen LogP contribution in [0.3, 0.4) is 0 Å². The summed E-state index contributed by atoms with van der Waals surface area (Å²) in [6.07, 6.45) is 5.77. The Kier molecular flexibility index (Phi) is 60.2. The summed E-state index contributed by atoms with van der Waals surface area (Å²) >= 11 is 10.7. The summed E-state index contributed by atoms with van der Waals surface area (Å²) in [4.78, 5) is 45.3. The highest BCUT2D eigenvalue weighted by Crippen LogP contribution is 2.26. The van der Waals surface area contributed by atoms with Gasteiger partial charge in [0.05, 0.1) is 0 Å². The Labute approximate surface area is 146 Å². The van der Waals surface area contributed by atoms with E-state index in [1.54, 1.807) is 6.26 Å². The van der Waals surface area contributed by atoms with Crippen molar-refractivity contribution in [1.29, 1.82) is 0 Å². The van der Waals surface area contributed by atoms with Crippen molar-refractivity contribution in [2.24, 2.45) is 0 Å². The van der Waals surface area contributed by atoms with E-state index in [1.807, 2.05) is 27.7 Å². The van der Waals surface area contributed by atoms with Crippen LogP contribution in [0.2, 0.25) is 0 Å². The lowest BCUT2D eigenvalue weighted by Crippen LogP contribution is -1.65. The summed E-state index contributed by atoms with van der Waals surface area (Å²) in [5.41, 5.74) is 0. The van der Waals surface area contributed by atoms with Gasteiger partial charge in [-0.3, -0.25) is 0 Å². The van der Waals surface area contributed by atoms with Crippen LogP contribution in [0.15, 0.2) is 0 Å². The zero-order chi connectivity index (χ0) is 19.1. The van der Waals surface area contributed by atoms with Gasteiger partial charge in [0, 0.05) is 0 Å². The van der Waals surface area contributed by atoms with Crippen molar-refractivity contribution < 1.29 is 29.4 Å². The molecule has 11 heteroatoms. The highest BCUT2D eigenvalue weighted by Gasteiger charge is 1.92. The normalized spacial score (nSPS) is 8.48. The molecule has 0 fully saturated rings. The molecule has 0 aliphatic carbocycles. The summed E-state index contributed by atoms with van der Waals surface area (Å²) in [6.45, 7) is 4.81. The molecule has 0 atom stereocenters. The van der Waals surface area contributed by atoms with Crippen molar-refractivity contribution in [2.45, 2.75) is 60.8 Å². The Balaban J connectivity index is -0.0000000340. The van der Waals surface area contributed by atoms with Gasteiger partial charge in [-0.05, 0) is 29.9 Å². The lowest BCUT2D eigenvalue weighted by Gasteiger charge is -1.88. The molecule has 0 saturated heterocycles. The minimum absolute atomic E-state index is 1.34. The standard InChI is InChI=1S/C5H12.2C2H6.CH4S.2H3O3PS/c1-3-5-4-2;3*1-2;2*1-4(2,3)5/h3-5H2,1-2H3;2*1-2H3;2H,1H3;2*(H3,1,2,3,5). The Hall–Kier alpha value is 1.41. The van der Waals surface area contributed by atoms with Crippen LogP contribution in [-0.2, 0) is 23.6 Å². The molecule has 0 unspecified atom stereocenters. The molecular weight excluding hydrogens is 374 g/mol. The average Bonchev–Trinajstić information content (AvgIpc) is 2.34. The first-order chi connectivity index (χ1) is 9.41. The predicted octanol–water partition coefficient (Wildman–Crippen LogP) is 3.17. The van der Waals surface area contributed by atoms with E-state index in [4.69, 9.17) is 29.4 Å². The van der Waals surface area contributed by atoms with Crippen LogP contribution in [0.1, 0.15) is 60.8 Å². The van der Waals surface area contributed by atoms with Gasteiger partial charge in [-0.2, -0.15) is 12.6 Å². The Morgan fingerprint density at radius 2 is 0.762 bits per heavy atom. The topological polar surface area (TPSA) is 121 Å². The molecule has 0 heterocycles. The number of hydrogen-bond acceptors (Lipinski definition) is 3. The lowest BCUT2D eigenvalue weighted by molar-refractivity contribution is 0.361. The average molecular weight is 409 g/mol. The molecule has 6 nitrogen and oxygen atoms in total. The van der Waals surface area contributed by atoms with Gasteiger partial charge in [0.2, 0.25) is 0 Å². The van der Waals surface area contributed by atoms with Crippen molar-refractivity contribution in [3.63, 3.8) is 0 Å². The molecule has 0 aliphatic rings. The van der Waals surface area contributed by atoms with Crippen molar-refractivity contribution in [2.75, 3.05) is 6.26 Å².